The fourth-order valence-electron chi connectivity index (χ4n) is 18.4. The van der Waals surface area contributed by atoms with Crippen LogP contribution in [0, 0.1) is 0 Å². The van der Waals surface area contributed by atoms with Crippen molar-refractivity contribution in [3.8, 4) is 112 Å². The van der Waals surface area contributed by atoms with E-state index >= 15 is 0 Å². The van der Waals surface area contributed by atoms with Crippen molar-refractivity contribution in [1.82, 2.24) is 29.9 Å². The number of rotatable bonds is 9. The average Bonchev–Trinajstić information content (AvgIpc) is 1.50. The van der Waals surface area contributed by atoms with Gasteiger partial charge in [-0.3, -0.25) is 0 Å². The van der Waals surface area contributed by atoms with E-state index in [-0.39, 0.29) is 10.6 Å². The van der Waals surface area contributed by atoms with Gasteiger partial charge in [-0.15, -0.1) is 0 Å². The molecule has 0 saturated carbocycles. The van der Waals surface area contributed by atoms with Crippen LogP contribution in [0.2, 0.25) is 15.7 Å². The van der Waals surface area contributed by atoms with Crippen molar-refractivity contribution in [3.63, 3.8) is 0 Å². The first-order valence-electron chi connectivity index (χ1n) is 39.2. The molecule has 9 heteroatoms. The van der Waals surface area contributed by atoms with Crippen molar-refractivity contribution in [3.05, 3.63) is 467 Å². The van der Waals surface area contributed by atoms with Crippen LogP contribution in [0.4, 0.5) is 0 Å². The highest BCUT2D eigenvalue weighted by Gasteiger charge is 2.52. The van der Waals surface area contributed by atoms with Gasteiger partial charge in [-0.05, 0) is 221 Å². The zero-order valence-electron chi connectivity index (χ0n) is 63.0. The van der Waals surface area contributed by atoms with Gasteiger partial charge in [0, 0.05) is 27.8 Å². The monoisotopic (exact) mass is 1550 g/mol. The summed E-state index contributed by atoms with van der Waals surface area (Å²) in [4.78, 5) is 27.6. The maximum absolute atomic E-state index is 6.78. The van der Waals surface area contributed by atoms with Crippen LogP contribution in [0.5, 0.6) is 0 Å². The van der Waals surface area contributed by atoms with E-state index in [1.807, 2.05) is 78.9 Å². The molecular formula is C108H67Cl3N6. The van der Waals surface area contributed by atoms with Crippen molar-refractivity contribution >= 4 is 77.9 Å². The van der Waals surface area contributed by atoms with E-state index in [0.717, 1.165) is 61.4 Å². The summed E-state index contributed by atoms with van der Waals surface area (Å²) in [5.74, 6) is 1.12. The molecule has 17 aromatic carbocycles. The fraction of sp³-hybridized carbons (Fsp3) is 0.0185. The minimum absolute atomic E-state index is 0.181. The lowest BCUT2D eigenvalue weighted by Gasteiger charge is -2.34. The first-order valence-corrected chi connectivity index (χ1v) is 40.3. The van der Waals surface area contributed by atoms with Crippen LogP contribution in [0.1, 0.15) is 44.5 Å². The summed E-state index contributed by atoms with van der Waals surface area (Å²) in [5.41, 5.74) is 28.9. The smallest absolute Gasteiger partial charge is 0.226 e. The number of halogens is 3. The molecule has 3 aliphatic carbocycles. The lowest BCUT2D eigenvalue weighted by molar-refractivity contribution is 0.769. The zero-order valence-corrected chi connectivity index (χ0v) is 65.3. The maximum atomic E-state index is 6.78. The second-order valence-electron chi connectivity index (χ2n) is 29.9. The highest BCUT2D eigenvalue weighted by atomic mass is 35.5. The summed E-state index contributed by atoms with van der Waals surface area (Å²) in [6.45, 7) is 0. The third kappa shape index (κ3) is 12.3. The van der Waals surface area contributed by atoms with Gasteiger partial charge in [0.15, 0.2) is 11.6 Å². The Balaban J connectivity index is 0.000000114. The van der Waals surface area contributed by atoms with Gasteiger partial charge in [-0.2, -0.15) is 9.97 Å². The van der Waals surface area contributed by atoms with Crippen LogP contribution < -0.4 is 0 Å². The molecule has 0 saturated heterocycles. The maximum Gasteiger partial charge on any atom is 0.226 e. The van der Waals surface area contributed by atoms with Crippen LogP contribution in [-0.2, 0) is 10.8 Å². The number of nitrogens with zero attached hydrogens (tertiary/aromatic N) is 6. The van der Waals surface area contributed by atoms with Gasteiger partial charge in [-0.25, -0.2) is 19.9 Å². The lowest BCUT2D eigenvalue weighted by Crippen LogP contribution is -2.28. The average molecular weight is 1560 g/mol. The molecule has 0 bridgehead atoms. The molecule has 0 radical (unpaired) electrons. The first-order chi connectivity index (χ1) is 57.7. The lowest BCUT2D eigenvalue weighted by atomic mass is 9.67. The van der Waals surface area contributed by atoms with E-state index in [1.54, 1.807) is 0 Å². The van der Waals surface area contributed by atoms with Crippen molar-refractivity contribution in [2.45, 2.75) is 10.8 Å². The molecule has 0 N–H and O–H groups in total. The summed E-state index contributed by atoms with van der Waals surface area (Å²) in [5, 5.41) is 10.6. The Morgan fingerprint density at radius 1 is 0.179 bits per heavy atom. The van der Waals surface area contributed by atoms with E-state index in [1.165, 1.54) is 127 Å². The van der Waals surface area contributed by atoms with Crippen molar-refractivity contribution < 1.29 is 0 Å². The van der Waals surface area contributed by atoms with Gasteiger partial charge in [0.25, 0.3) is 0 Å². The molecule has 117 heavy (non-hydrogen) atoms. The molecule has 0 amide bonds. The molecular weight excluding hydrogens is 1490 g/mol. The quantitative estimate of drug-likeness (QED) is 0.0814. The molecule has 3 aromatic heterocycles. The van der Waals surface area contributed by atoms with Crippen LogP contribution in [-0.4, -0.2) is 29.9 Å². The van der Waals surface area contributed by atoms with E-state index < -0.39 is 10.8 Å². The van der Waals surface area contributed by atoms with Crippen LogP contribution in [0.15, 0.2) is 406 Å². The number of fused-ring (bicyclic) bond motifs is 18. The number of aromatic nitrogens is 6. The Kier molecular flexibility index (Phi) is 17.8. The van der Waals surface area contributed by atoms with Crippen molar-refractivity contribution in [2.75, 3.05) is 0 Å². The molecule has 0 atom stereocenters. The molecule has 3 heterocycles. The third-order valence-electron chi connectivity index (χ3n) is 23.5. The summed E-state index contributed by atoms with van der Waals surface area (Å²) >= 11 is 19.5. The fourth-order valence-corrected chi connectivity index (χ4v) is 18.9. The van der Waals surface area contributed by atoms with E-state index in [4.69, 9.17) is 44.8 Å². The topological polar surface area (TPSA) is 77.3 Å². The Morgan fingerprint density at radius 3 is 1.26 bits per heavy atom. The van der Waals surface area contributed by atoms with E-state index in [0.29, 0.717) is 16.8 Å². The number of benzene rings is 17. The minimum atomic E-state index is -0.461. The molecule has 6 nitrogen and oxygen atoms in total. The Bertz CT molecular complexity index is 7220. The minimum Gasteiger partial charge on any atom is -0.236 e. The molecule has 23 rings (SSSR count). The molecule has 20 aromatic rings. The predicted molar refractivity (Wildman–Crippen MR) is 483 cm³/mol. The molecule has 0 unspecified atom stereocenters. The number of hydrogen-bond donors (Lipinski definition) is 0. The van der Waals surface area contributed by atoms with Crippen LogP contribution in [0.25, 0.3) is 155 Å². The third-order valence-corrected chi connectivity index (χ3v) is 24.0. The summed E-state index contributed by atoms with van der Waals surface area (Å²) in [7, 11) is 0. The highest BCUT2D eigenvalue weighted by Crippen LogP contribution is 2.64. The van der Waals surface area contributed by atoms with Gasteiger partial charge in [0.1, 0.15) is 5.15 Å². The zero-order chi connectivity index (χ0) is 78.1. The van der Waals surface area contributed by atoms with Gasteiger partial charge in [0.2, 0.25) is 10.6 Å². The van der Waals surface area contributed by atoms with E-state index in [2.05, 4.69) is 348 Å². The summed E-state index contributed by atoms with van der Waals surface area (Å²) in [6, 6.07) is 144. The Hall–Kier alpha value is -14.1. The van der Waals surface area contributed by atoms with Crippen LogP contribution >= 0.6 is 34.8 Å². The standard InChI is InChI=1S/C46H30ClN.C38H22ClN3.C24H15ClN2/c47-45-30-37(29-44(48-45)36-23-22-33-26-32(20-21-34(33)27-36)31-12-4-1-5-13-31)35-24-25-41-40-18-10-11-19-42(40)46(43(41)28-35,38-14-6-2-7-15-38)39-16-8-3-9-17-39;39-37-41-35(23-10-2-1-3-11-23)40-36(42-37)26-18-19-29-30-20-24-12-4-5-13-25(24)21-34(30)38(33(29)22-26)31-16-8-6-14-27(31)28-15-7-9-17-32(28)38;25-24-26-22(17-8-2-1-3-9-17)15-23(27-24)21-12-6-11-19-18-10-5-4-7-16(18)13-14-20(19)21/h1-30H;1-22H;1-15H. The highest BCUT2D eigenvalue weighted by molar-refractivity contribution is 6.30. The Labute approximate surface area is 692 Å². The van der Waals surface area contributed by atoms with Gasteiger partial charge < -0.3 is 0 Å². The second-order valence-corrected chi connectivity index (χ2v) is 31.0. The van der Waals surface area contributed by atoms with Gasteiger partial charge >= 0.3 is 0 Å². The summed E-state index contributed by atoms with van der Waals surface area (Å²) in [6.07, 6.45) is 0. The van der Waals surface area contributed by atoms with Gasteiger partial charge in [-0.1, -0.05) is 363 Å². The Morgan fingerprint density at radius 2 is 0.598 bits per heavy atom. The van der Waals surface area contributed by atoms with Crippen LogP contribution in [0.3, 0.4) is 0 Å². The van der Waals surface area contributed by atoms with Gasteiger partial charge in [0.05, 0.1) is 27.9 Å². The number of pyridine rings is 1. The van der Waals surface area contributed by atoms with E-state index in [9.17, 15) is 0 Å². The molecule has 1 spiro atoms. The largest absolute Gasteiger partial charge is 0.236 e. The predicted octanol–water partition coefficient (Wildman–Crippen LogP) is 28.4. The normalized spacial score (nSPS) is 12.7. The SMILES string of the molecule is Clc1cc(-c2ccc3c(c2)C(c2ccccc2)(c2ccccc2)c2ccccc2-3)cc(-c2ccc3cc(-c4ccccc4)ccc3c2)n1.Clc1nc(-c2ccccc2)cc(-c2cccc3c2ccc2ccccc23)n1.Clc1nc(-c2ccccc2)nc(-c2ccc3c(c2)C2(c4ccccc4-c4ccccc42)c2cc4ccccc4cc2-3)n1. The number of hydrogen-bond acceptors (Lipinski definition) is 6. The first kappa shape index (κ1) is 70.7. The second kappa shape index (κ2) is 29.4. The van der Waals surface area contributed by atoms with Crippen molar-refractivity contribution in [1.29, 1.82) is 0 Å². The molecule has 0 aliphatic heterocycles. The molecule has 3 aliphatic rings. The summed E-state index contributed by atoms with van der Waals surface area (Å²) < 4.78 is 0. The molecule has 550 valence electrons. The van der Waals surface area contributed by atoms with Crippen molar-refractivity contribution in [2.24, 2.45) is 0 Å². The molecule has 0 fully saturated rings.